The van der Waals surface area contributed by atoms with Crippen LogP contribution in [-0.2, 0) is 6.54 Å². The Bertz CT molecular complexity index is 495. The summed E-state index contributed by atoms with van der Waals surface area (Å²) >= 11 is 3.54. The number of ether oxygens (including phenoxy) is 2. The van der Waals surface area contributed by atoms with Crippen molar-refractivity contribution in [3.8, 4) is 11.5 Å². The van der Waals surface area contributed by atoms with Gasteiger partial charge in [0.25, 0.3) is 0 Å². The Balaban J connectivity index is 1.56. The molecule has 0 spiro atoms. The topological polar surface area (TPSA) is 50.7 Å². The standard InChI is InChI=1S/C16H22BrNO3/c17-13-7-11(8-15-16(13)21-6-5-20-15)9-18-10-12-3-1-2-4-14(12)19/h7-8,12,14,18-19H,1-6,9-10H2. The van der Waals surface area contributed by atoms with E-state index in [-0.39, 0.29) is 6.10 Å². The van der Waals surface area contributed by atoms with Gasteiger partial charge in [0.1, 0.15) is 13.2 Å². The summed E-state index contributed by atoms with van der Waals surface area (Å²) in [5.41, 5.74) is 1.16. The van der Waals surface area contributed by atoms with Crippen LogP contribution in [0.2, 0.25) is 0 Å². The van der Waals surface area contributed by atoms with Gasteiger partial charge in [-0.25, -0.2) is 0 Å². The fourth-order valence-electron chi connectivity index (χ4n) is 3.09. The van der Waals surface area contributed by atoms with Gasteiger partial charge in [0.05, 0.1) is 10.6 Å². The summed E-state index contributed by atoms with van der Waals surface area (Å²) in [6.45, 7) is 2.85. The summed E-state index contributed by atoms with van der Waals surface area (Å²) in [5.74, 6) is 2.00. The first kappa shape index (κ1) is 15.1. The molecule has 0 radical (unpaired) electrons. The van der Waals surface area contributed by atoms with Crippen LogP contribution in [-0.4, -0.2) is 31.0 Å². The summed E-state index contributed by atoms with van der Waals surface area (Å²) in [6.07, 6.45) is 4.32. The molecule has 3 rings (SSSR count). The van der Waals surface area contributed by atoms with Crippen molar-refractivity contribution >= 4 is 15.9 Å². The van der Waals surface area contributed by atoms with Gasteiger partial charge in [-0.1, -0.05) is 12.8 Å². The van der Waals surface area contributed by atoms with Gasteiger partial charge in [-0.2, -0.15) is 0 Å². The van der Waals surface area contributed by atoms with E-state index in [1.54, 1.807) is 0 Å². The predicted molar refractivity (Wildman–Crippen MR) is 84.8 cm³/mol. The molecule has 0 amide bonds. The van der Waals surface area contributed by atoms with Crippen LogP contribution in [0.3, 0.4) is 0 Å². The molecule has 5 heteroatoms. The second kappa shape index (κ2) is 6.99. The van der Waals surface area contributed by atoms with Crippen LogP contribution in [0.25, 0.3) is 0 Å². The van der Waals surface area contributed by atoms with Crippen LogP contribution >= 0.6 is 15.9 Å². The molecule has 2 aliphatic rings. The first-order chi connectivity index (χ1) is 10.2. The molecule has 1 saturated carbocycles. The van der Waals surface area contributed by atoms with Gasteiger partial charge in [-0.15, -0.1) is 0 Å². The Labute approximate surface area is 134 Å². The number of rotatable bonds is 4. The third-order valence-electron chi connectivity index (χ3n) is 4.26. The quantitative estimate of drug-likeness (QED) is 0.871. The van der Waals surface area contributed by atoms with Crippen molar-refractivity contribution in [2.45, 2.75) is 38.3 Å². The normalized spacial score (nSPS) is 24.9. The average Bonchev–Trinajstić information content (AvgIpc) is 2.49. The fraction of sp³-hybridized carbons (Fsp3) is 0.625. The van der Waals surface area contributed by atoms with Crippen LogP contribution in [0.5, 0.6) is 11.5 Å². The van der Waals surface area contributed by atoms with E-state index in [1.165, 1.54) is 6.42 Å². The van der Waals surface area contributed by atoms with Gasteiger partial charge in [0, 0.05) is 13.1 Å². The monoisotopic (exact) mass is 355 g/mol. The number of hydrogen-bond donors (Lipinski definition) is 2. The maximum atomic E-state index is 9.98. The predicted octanol–water partition coefficient (Wildman–Crippen LogP) is 2.86. The van der Waals surface area contributed by atoms with Crippen LogP contribution in [0.15, 0.2) is 16.6 Å². The van der Waals surface area contributed by atoms with Gasteiger partial charge in [0.2, 0.25) is 0 Å². The highest BCUT2D eigenvalue weighted by Crippen LogP contribution is 2.38. The molecule has 2 atom stereocenters. The minimum absolute atomic E-state index is 0.141. The molecular weight excluding hydrogens is 334 g/mol. The maximum absolute atomic E-state index is 9.98. The molecule has 1 fully saturated rings. The lowest BCUT2D eigenvalue weighted by molar-refractivity contribution is 0.0695. The highest BCUT2D eigenvalue weighted by Gasteiger charge is 2.22. The zero-order valence-corrected chi connectivity index (χ0v) is 13.7. The van der Waals surface area contributed by atoms with Crippen LogP contribution < -0.4 is 14.8 Å². The van der Waals surface area contributed by atoms with Crippen molar-refractivity contribution in [3.63, 3.8) is 0 Å². The largest absolute Gasteiger partial charge is 0.486 e. The van der Waals surface area contributed by atoms with Crippen molar-refractivity contribution in [2.24, 2.45) is 5.92 Å². The van der Waals surface area contributed by atoms with Crippen LogP contribution in [0.4, 0.5) is 0 Å². The number of benzene rings is 1. The summed E-state index contributed by atoms with van der Waals surface area (Å²) < 4.78 is 12.2. The van der Waals surface area contributed by atoms with Crippen molar-refractivity contribution < 1.29 is 14.6 Å². The molecule has 1 aromatic carbocycles. The van der Waals surface area contributed by atoms with E-state index in [2.05, 4.69) is 27.3 Å². The molecule has 2 unspecified atom stereocenters. The Morgan fingerprint density at radius 3 is 2.86 bits per heavy atom. The van der Waals surface area contributed by atoms with Crippen molar-refractivity contribution in [1.82, 2.24) is 5.32 Å². The first-order valence-corrected chi connectivity index (χ1v) is 8.50. The van der Waals surface area contributed by atoms with Crippen molar-refractivity contribution in [3.05, 3.63) is 22.2 Å². The van der Waals surface area contributed by atoms with E-state index in [0.29, 0.717) is 19.1 Å². The van der Waals surface area contributed by atoms with Crippen LogP contribution in [0, 0.1) is 5.92 Å². The van der Waals surface area contributed by atoms with Crippen LogP contribution in [0.1, 0.15) is 31.2 Å². The SMILES string of the molecule is OC1CCCCC1CNCc1cc(Br)c2c(c1)OCCO2. The van der Waals surface area contributed by atoms with E-state index >= 15 is 0 Å². The molecule has 0 saturated heterocycles. The lowest BCUT2D eigenvalue weighted by atomic mass is 9.86. The summed E-state index contributed by atoms with van der Waals surface area (Å²) in [4.78, 5) is 0. The fourth-order valence-corrected chi connectivity index (χ4v) is 3.70. The zero-order valence-electron chi connectivity index (χ0n) is 12.1. The third-order valence-corrected chi connectivity index (χ3v) is 4.85. The van der Waals surface area contributed by atoms with Crippen molar-refractivity contribution in [1.29, 1.82) is 0 Å². The summed E-state index contributed by atoms with van der Waals surface area (Å²) in [6, 6.07) is 4.10. The van der Waals surface area contributed by atoms with Gasteiger partial charge in [-0.05, 0) is 52.4 Å². The number of fused-ring (bicyclic) bond motifs is 1. The zero-order chi connectivity index (χ0) is 14.7. The Morgan fingerprint density at radius 2 is 2.00 bits per heavy atom. The first-order valence-electron chi connectivity index (χ1n) is 7.71. The van der Waals surface area contributed by atoms with Gasteiger partial charge in [0.15, 0.2) is 11.5 Å². The molecule has 1 aliphatic heterocycles. The maximum Gasteiger partial charge on any atom is 0.175 e. The molecule has 4 nitrogen and oxygen atoms in total. The highest BCUT2D eigenvalue weighted by atomic mass is 79.9. The van der Waals surface area contributed by atoms with E-state index in [9.17, 15) is 5.11 Å². The molecule has 2 N–H and O–H groups in total. The number of aliphatic hydroxyl groups is 1. The smallest absolute Gasteiger partial charge is 0.175 e. The number of aliphatic hydroxyl groups excluding tert-OH is 1. The minimum Gasteiger partial charge on any atom is -0.486 e. The Hall–Kier alpha value is -0.780. The Morgan fingerprint density at radius 1 is 1.19 bits per heavy atom. The highest BCUT2D eigenvalue weighted by molar-refractivity contribution is 9.10. The average molecular weight is 356 g/mol. The summed E-state index contributed by atoms with van der Waals surface area (Å²) in [5, 5.41) is 13.4. The van der Waals surface area contributed by atoms with E-state index < -0.39 is 0 Å². The Kier molecular flexibility index (Phi) is 5.03. The third kappa shape index (κ3) is 3.71. The van der Waals surface area contributed by atoms with E-state index in [0.717, 1.165) is 53.9 Å². The molecule has 1 aliphatic carbocycles. The van der Waals surface area contributed by atoms with Gasteiger partial charge >= 0.3 is 0 Å². The molecule has 116 valence electrons. The lowest BCUT2D eigenvalue weighted by Crippen LogP contribution is -2.33. The lowest BCUT2D eigenvalue weighted by Gasteiger charge is -2.27. The molecule has 0 bridgehead atoms. The minimum atomic E-state index is -0.141. The number of nitrogens with one attached hydrogen (secondary N) is 1. The molecule has 1 heterocycles. The van der Waals surface area contributed by atoms with Gasteiger partial charge < -0.3 is 19.9 Å². The second-order valence-electron chi connectivity index (χ2n) is 5.84. The number of halogens is 1. The molecular formula is C16H22BrNO3. The molecule has 0 aromatic heterocycles. The molecule has 21 heavy (non-hydrogen) atoms. The second-order valence-corrected chi connectivity index (χ2v) is 6.70. The van der Waals surface area contributed by atoms with Gasteiger partial charge in [-0.3, -0.25) is 0 Å². The van der Waals surface area contributed by atoms with E-state index in [1.807, 2.05) is 6.07 Å². The van der Waals surface area contributed by atoms with E-state index in [4.69, 9.17) is 9.47 Å². The number of hydrogen-bond acceptors (Lipinski definition) is 4. The van der Waals surface area contributed by atoms with Crippen molar-refractivity contribution in [2.75, 3.05) is 19.8 Å². The summed E-state index contributed by atoms with van der Waals surface area (Å²) in [7, 11) is 0. The molecule has 1 aromatic rings.